The number of halogens is 1. The minimum Gasteiger partial charge on any atom is -0.309 e. The summed E-state index contributed by atoms with van der Waals surface area (Å²) in [6.07, 6.45) is 2.47. The summed E-state index contributed by atoms with van der Waals surface area (Å²) < 4.78 is 0.797. The van der Waals surface area contributed by atoms with Gasteiger partial charge in [0, 0.05) is 6.20 Å². The fraction of sp³-hybridized carbons (Fsp3) is 0.143. The first-order valence-electron chi connectivity index (χ1n) is 5.75. The molecule has 0 radical (unpaired) electrons. The molecule has 1 unspecified atom stereocenters. The van der Waals surface area contributed by atoms with Gasteiger partial charge in [0.25, 0.3) is 0 Å². The largest absolute Gasteiger partial charge is 0.309 e. The molecule has 3 rings (SSSR count). The molecule has 90 valence electrons. The van der Waals surface area contributed by atoms with Crippen LogP contribution in [0.4, 0.5) is 5.82 Å². The number of nitrogens with one attached hydrogen (secondary N) is 1. The van der Waals surface area contributed by atoms with E-state index in [1.165, 1.54) is 5.56 Å². The van der Waals surface area contributed by atoms with Crippen molar-refractivity contribution in [3.05, 3.63) is 58.2 Å². The molecular formula is C14H11BrN2O. The number of anilines is 1. The van der Waals surface area contributed by atoms with Crippen molar-refractivity contribution < 1.29 is 4.79 Å². The maximum absolute atomic E-state index is 12.1. The lowest BCUT2D eigenvalue weighted by molar-refractivity contribution is -0.118. The van der Waals surface area contributed by atoms with Gasteiger partial charge in [-0.05, 0) is 45.6 Å². The van der Waals surface area contributed by atoms with Gasteiger partial charge in [-0.15, -0.1) is 0 Å². The van der Waals surface area contributed by atoms with Crippen molar-refractivity contribution in [2.45, 2.75) is 12.3 Å². The van der Waals surface area contributed by atoms with Gasteiger partial charge in [-0.3, -0.25) is 4.79 Å². The second kappa shape index (κ2) is 4.53. The number of aromatic nitrogens is 1. The predicted octanol–water partition coefficient (Wildman–Crippen LogP) is 3.12. The van der Waals surface area contributed by atoms with Crippen molar-refractivity contribution in [2.75, 3.05) is 5.32 Å². The Hall–Kier alpha value is -1.68. The topological polar surface area (TPSA) is 42.0 Å². The van der Waals surface area contributed by atoms with E-state index in [9.17, 15) is 4.79 Å². The first kappa shape index (κ1) is 11.4. The quantitative estimate of drug-likeness (QED) is 0.926. The van der Waals surface area contributed by atoms with Crippen molar-refractivity contribution in [2.24, 2.45) is 0 Å². The molecule has 2 aromatic rings. The Balaban J connectivity index is 1.77. The van der Waals surface area contributed by atoms with E-state index in [4.69, 9.17) is 0 Å². The van der Waals surface area contributed by atoms with E-state index in [1.54, 1.807) is 6.20 Å². The number of hydrogen-bond donors (Lipinski definition) is 1. The zero-order valence-electron chi connectivity index (χ0n) is 9.56. The van der Waals surface area contributed by atoms with Crippen LogP contribution in [0.1, 0.15) is 17.0 Å². The molecule has 18 heavy (non-hydrogen) atoms. The number of carbonyl (C=O) groups excluding carboxylic acids is 1. The lowest BCUT2D eigenvalue weighted by Crippen LogP contribution is -2.30. The molecule has 1 amide bonds. The smallest absolute Gasteiger partial charge is 0.233 e. The molecule has 4 heteroatoms. The molecule has 1 atom stereocenters. The maximum atomic E-state index is 12.1. The van der Waals surface area contributed by atoms with Crippen LogP contribution in [0.25, 0.3) is 0 Å². The van der Waals surface area contributed by atoms with Gasteiger partial charge >= 0.3 is 0 Å². The number of carbonyl (C=O) groups is 1. The lowest BCUT2D eigenvalue weighted by Gasteiger charge is -2.28. The molecule has 1 aromatic carbocycles. The highest BCUT2D eigenvalue weighted by atomic mass is 79.9. The van der Waals surface area contributed by atoms with E-state index in [2.05, 4.69) is 32.3 Å². The summed E-state index contributed by atoms with van der Waals surface area (Å²) in [5.41, 5.74) is 2.39. The number of rotatable bonds is 2. The van der Waals surface area contributed by atoms with Crippen LogP contribution in [0, 0.1) is 0 Å². The van der Waals surface area contributed by atoms with Gasteiger partial charge in [0.05, 0.1) is 10.4 Å². The molecule has 3 nitrogen and oxygen atoms in total. The average Bonchev–Trinajstić information content (AvgIpc) is 2.34. The lowest BCUT2D eigenvalue weighted by atomic mass is 9.77. The Morgan fingerprint density at radius 1 is 1.28 bits per heavy atom. The Bertz CT molecular complexity index is 612. The zero-order valence-corrected chi connectivity index (χ0v) is 11.1. The predicted molar refractivity (Wildman–Crippen MR) is 73.5 cm³/mol. The number of fused-ring (bicyclic) bond motifs is 1. The fourth-order valence-electron chi connectivity index (χ4n) is 2.17. The summed E-state index contributed by atoms with van der Waals surface area (Å²) in [6, 6.07) is 11.7. The number of nitrogens with zero attached hydrogens (tertiary/aromatic N) is 1. The van der Waals surface area contributed by atoms with E-state index in [0.717, 1.165) is 16.5 Å². The second-order valence-corrected chi connectivity index (χ2v) is 5.13. The summed E-state index contributed by atoms with van der Waals surface area (Å²) in [6.45, 7) is 0. The van der Waals surface area contributed by atoms with Crippen LogP contribution in [0.15, 0.2) is 47.1 Å². The number of hydrogen-bond acceptors (Lipinski definition) is 2. The van der Waals surface area contributed by atoms with Crippen LogP contribution < -0.4 is 5.32 Å². The van der Waals surface area contributed by atoms with Gasteiger partial charge in [0.2, 0.25) is 5.91 Å². The Kier molecular flexibility index (Phi) is 2.88. The van der Waals surface area contributed by atoms with Gasteiger partial charge in [-0.2, -0.15) is 0 Å². The van der Waals surface area contributed by atoms with E-state index in [0.29, 0.717) is 5.82 Å². The van der Waals surface area contributed by atoms with Crippen LogP contribution in [-0.4, -0.2) is 10.9 Å². The summed E-state index contributed by atoms with van der Waals surface area (Å²) in [4.78, 5) is 16.3. The van der Waals surface area contributed by atoms with Crippen molar-refractivity contribution in [3.8, 4) is 0 Å². The Morgan fingerprint density at radius 3 is 2.89 bits per heavy atom. The zero-order chi connectivity index (χ0) is 12.5. The third-order valence-corrected chi connectivity index (χ3v) is 3.81. The average molecular weight is 303 g/mol. The van der Waals surface area contributed by atoms with Crippen molar-refractivity contribution in [1.29, 1.82) is 0 Å². The summed E-state index contributed by atoms with van der Waals surface area (Å²) >= 11 is 3.37. The van der Waals surface area contributed by atoms with Crippen LogP contribution in [0.2, 0.25) is 0 Å². The molecular weight excluding hydrogens is 292 g/mol. The van der Waals surface area contributed by atoms with Crippen molar-refractivity contribution in [1.82, 2.24) is 4.98 Å². The highest BCUT2D eigenvalue weighted by Gasteiger charge is 2.31. The van der Waals surface area contributed by atoms with Crippen molar-refractivity contribution >= 4 is 27.7 Å². The SMILES string of the molecule is O=C(Nc1ncccc1Br)C1Cc2ccccc21. The van der Waals surface area contributed by atoms with Gasteiger partial charge in [-0.1, -0.05) is 24.3 Å². The number of pyridine rings is 1. The summed E-state index contributed by atoms with van der Waals surface area (Å²) in [5.74, 6) is 0.537. The van der Waals surface area contributed by atoms with Gasteiger partial charge in [-0.25, -0.2) is 4.98 Å². The minimum absolute atomic E-state index is 0.00750. The normalized spacial score (nSPS) is 16.6. The molecule has 0 spiro atoms. The summed E-state index contributed by atoms with van der Waals surface area (Å²) in [5, 5.41) is 2.86. The third kappa shape index (κ3) is 1.93. The number of amides is 1. The Labute approximate surface area is 113 Å². The van der Waals surface area contributed by atoms with Gasteiger partial charge in [0.15, 0.2) is 0 Å². The van der Waals surface area contributed by atoms with Gasteiger partial charge in [0.1, 0.15) is 5.82 Å². The third-order valence-electron chi connectivity index (χ3n) is 3.17. The standard InChI is InChI=1S/C14H11BrN2O/c15-12-6-3-7-16-13(12)17-14(18)11-8-9-4-1-2-5-10(9)11/h1-7,11H,8H2,(H,16,17,18). The highest BCUT2D eigenvalue weighted by Crippen LogP contribution is 2.35. The molecule has 1 aliphatic carbocycles. The van der Waals surface area contributed by atoms with Crippen LogP contribution in [0.5, 0.6) is 0 Å². The molecule has 1 heterocycles. The summed E-state index contributed by atoms with van der Waals surface area (Å²) in [7, 11) is 0. The maximum Gasteiger partial charge on any atom is 0.233 e. The molecule has 0 aliphatic heterocycles. The highest BCUT2D eigenvalue weighted by molar-refractivity contribution is 9.10. The van der Waals surface area contributed by atoms with Gasteiger partial charge < -0.3 is 5.32 Å². The second-order valence-electron chi connectivity index (χ2n) is 4.28. The minimum atomic E-state index is -0.0462. The van der Waals surface area contributed by atoms with E-state index in [-0.39, 0.29) is 11.8 Å². The monoisotopic (exact) mass is 302 g/mol. The van der Waals surface area contributed by atoms with E-state index in [1.807, 2.05) is 30.3 Å². The van der Waals surface area contributed by atoms with Crippen LogP contribution in [0.3, 0.4) is 0 Å². The Morgan fingerprint density at radius 2 is 2.11 bits per heavy atom. The molecule has 1 aliphatic rings. The van der Waals surface area contributed by atoms with E-state index >= 15 is 0 Å². The first-order chi connectivity index (χ1) is 8.75. The van der Waals surface area contributed by atoms with Crippen molar-refractivity contribution in [3.63, 3.8) is 0 Å². The fourth-order valence-corrected chi connectivity index (χ4v) is 2.53. The van der Waals surface area contributed by atoms with Crippen LogP contribution >= 0.6 is 15.9 Å². The molecule has 0 bridgehead atoms. The molecule has 1 N–H and O–H groups in total. The molecule has 1 aromatic heterocycles. The molecule has 0 fully saturated rings. The molecule has 0 saturated heterocycles. The van der Waals surface area contributed by atoms with Crippen LogP contribution in [-0.2, 0) is 11.2 Å². The number of benzene rings is 1. The van der Waals surface area contributed by atoms with E-state index < -0.39 is 0 Å². The first-order valence-corrected chi connectivity index (χ1v) is 6.54. The molecule has 0 saturated carbocycles.